The number of nitrogens with one attached hydrogen (secondary N) is 2. The van der Waals surface area contributed by atoms with E-state index in [2.05, 4.69) is 10.6 Å². The molecule has 0 spiro atoms. The van der Waals surface area contributed by atoms with Crippen molar-refractivity contribution in [3.05, 3.63) is 30.3 Å². The van der Waals surface area contributed by atoms with Gasteiger partial charge in [-0.25, -0.2) is 4.79 Å². The van der Waals surface area contributed by atoms with E-state index < -0.39 is 39.4 Å². The van der Waals surface area contributed by atoms with E-state index in [1.165, 1.54) is 16.7 Å². The maximum atomic E-state index is 12.7. The quantitative estimate of drug-likeness (QED) is 0.464. The van der Waals surface area contributed by atoms with Crippen molar-refractivity contribution in [3.63, 3.8) is 0 Å². The number of hydrogen-bond acceptors (Lipinski definition) is 6. The van der Waals surface area contributed by atoms with Crippen LogP contribution in [0, 0.1) is 0 Å². The maximum absolute atomic E-state index is 12.7. The molecule has 0 aromatic heterocycles. The number of thioether (sulfide) groups is 1. The van der Waals surface area contributed by atoms with Gasteiger partial charge in [-0.2, -0.15) is 0 Å². The molecule has 0 radical (unpaired) electrons. The summed E-state index contributed by atoms with van der Waals surface area (Å²) in [6, 6.07) is 8.19. The molecule has 2 aliphatic heterocycles. The van der Waals surface area contributed by atoms with E-state index >= 15 is 0 Å². The summed E-state index contributed by atoms with van der Waals surface area (Å²) >= 11 is 18.2. The molecule has 0 saturated carbocycles. The highest BCUT2D eigenvalue weighted by Gasteiger charge is 2.62. The standard InChI is InChI=1S/C18H20Cl3N3O5S/c1-17(2)15(23-16(27)29-9-18(19,20)21)24-13(26)12(14(24)30-17)22-11(25)8-28-10-6-4-3-5-7-10/h3-7,12,14-15H,8-9H2,1-2H3,(H,22,25)(H,23,27)/t12?,14-,15?/m1/s1. The number of ether oxygens (including phenoxy) is 2. The Hall–Kier alpha value is -1.55. The Morgan fingerprint density at radius 3 is 2.50 bits per heavy atom. The first-order valence-corrected chi connectivity index (χ1v) is 11.0. The number of alkyl halides is 3. The third-order valence-corrected chi connectivity index (χ3v) is 6.39. The lowest BCUT2D eigenvalue weighted by atomic mass is 10.0. The highest BCUT2D eigenvalue weighted by Crippen LogP contribution is 2.49. The number of fused-ring (bicyclic) bond motifs is 1. The number of carbonyl (C=O) groups excluding carboxylic acids is 3. The van der Waals surface area contributed by atoms with Crippen LogP contribution < -0.4 is 15.4 Å². The average molecular weight is 497 g/mol. The number of para-hydroxylation sites is 1. The summed E-state index contributed by atoms with van der Waals surface area (Å²) in [5.41, 5.74) is 0. The van der Waals surface area contributed by atoms with Crippen molar-refractivity contribution in [2.75, 3.05) is 13.2 Å². The minimum absolute atomic E-state index is 0.209. The van der Waals surface area contributed by atoms with Crippen molar-refractivity contribution in [3.8, 4) is 5.75 Å². The molecule has 30 heavy (non-hydrogen) atoms. The van der Waals surface area contributed by atoms with Crippen LogP contribution in [0.15, 0.2) is 30.3 Å². The van der Waals surface area contributed by atoms with Gasteiger partial charge in [0.1, 0.15) is 29.9 Å². The molecule has 0 bridgehead atoms. The van der Waals surface area contributed by atoms with E-state index in [-0.39, 0.29) is 17.9 Å². The fraction of sp³-hybridized carbons (Fsp3) is 0.500. The third kappa shape index (κ3) is 5.38. The highest BCUT2D eigenvalue weighted by molar-refractivity contribution is 8.01. The maximum Gasteiger partial charge on any atom is 0.408 e. The minimum Gasteiger partial charge on any atom is -0.484 e. The first-order chi connectivity index (χ1) is 14.0. The average Bonchev–Trinajstić information content (AvgIpc) is 2.90. The topological polar surface area (TPSA) is 97.0 Å². The molecule has 2 saturated heterocycles. The molecule has 0 aliphatic carbocycles. The van der Waals surface area contributed by atoms with Gasteiger partial charge in [-0.05, 0) is 26.0 Å². The summed E-state index contributed by atoms with van der Waals surface area (Å²) in [5.74, 6) is -0.158. The number of β-lactam (4-membered cyclic amide) rings is 1. The van der Waals surface area contributed by atoms with Crippen molar-refractivity contribution in [2.45, 2.75) is 40.0 Å². The van der Waals surface area contributed by atoms with E-state index in [0.29, 0.717) is 5.75 Å². The van der Waals surface area contributed by atoms with Crippen LogP contribution in [0.5, 0.6) is 5.75 Å². The van der Waals surface area contributed by atoms with Gasteiger partial charge in [0.2, 0.25) is 3.79 Å². The molecule has 2 fully saturated rings. The number of amides is 3. The Bertz CT molecular complexity index is 821. The van der Waals surface area contributed by atoms with Gasteiger partial charge in [0.25, 0.3) is 11.8 Å². The number of hydrogen-bond donors (Lipinski definition) is 2. The number of benzene rings is 1. The third-order valence-electron chi connectivity index (χ3n) is 4.49. The second-order valence-corrected chi connectivity index (χ2v) is 11.5. The zero-order valence-electron chi connectivity index (χ0n) is 16.1. The first kappa shape index (κ1) is 23.1. The lowest BCUT2D eigenvalue weighted by Crippen LogP contribution is -2.72. The normalized spacial score (nSPS) is 24.5. The molecule has 1 aromatic rings. The lowest BCUT2D eigenvalue weighted by Gasteiger charge is -2.44. The molecular weight excluding hydrogens is 477 g/mol. The molecule has 2 unspecified atom stereocenters. The van der Waals surface area contributed by atoms with Crippen LogP contribution >= 0.6 is 46.6 Å². The summed E-state index contributed by atoms with van der Waals surface area (Å²) in [6.07, 6.45) is -1.45. The predicted octanol–water partition coefficient (Wildman–Crippen LogP) is 2.67. The van der Waals surface area contributed by atoms with Gasteiger partial charge in [0, 0.05) is 0 Å². The molecule has 164 valence electrons. The van der Waals surface area contributed by atoms with Crippen molar-refractivity contribution in [1.29, 1.82) is 0 Å². The zero-order chi connectivity index (χ0) is 22.1. The summed E-state index contributed by atoms with van der Waals surface area (Å²) in [5, 5.41) is 5.00. The minimum atomic E-state index is -1.73. The van der Waals surface area contributed by atoms with Crippen molar-refractivity contribution in [2.24, 2.45) is 0 Å². The van der Waals surface area contributed by atoms with Gasteiger partial charge in [0.15, 0.2) is 6.61 Å². The van der Waals surface area contributed by atoms with Crippen molar-refractivity contribution < 1.29 is 23.9 Å². The molecular formula is C18H20Cl3N3O5S. The van der Waals surface area contributed by atoms with Crippen LogP contribution in [-0.2, 0) is 14.3 Å². The number of carbonyl (C=O) groups is 3. The van der Waals surface area contributed by atoms with Gasteiger partial charge < -0.3 is 19.7 Å². The molecule has 1 aromatic carbocycles. The number of nitrogens with zero attached hydrogens (tertiary/aromatic N) is 1. The summed E-state index contributed by atoms with van der Waals surface area (Å²) in [6.45, 7) is 3.11. The second-order valence-electron chi connectivity index (χ2n) is 7.24. The first-order valence-electron chi connectivity index (χ1n) is 8.95. The molecule has 2 aliphatic rings. The zero-order valence-corrected chi connectivity index (χ0v) is 19.1. The Morgan fingerprint density at radius 2 is 1.87 bits per heavy atom. The number of halogens is 3. The smallest absolute Gasteiger partial charge is 0.408 e. The molecule has 8 nitrogen and oxygen atoms in total. The second kappa shape index (κ2) is 8.90. The summed E-state index contributed by atoms with van der Waals surface area (Å²) in [4.78, 5) is 38.4. The van der Waals surface area contributed by atoms with Crippen LogP contribution in [-0.4, -0.2) is 62.1 Å². The predicted molar refractivity (Wildman–Crippen MR) is 115 cm³/mol. The Labute approximate surface area is 192 Å². The molecule has 2 heterocycles. The molecule has 2 N–H and O–H groups in total. The lowest BCUT2D eigenvalue weighted by molar-refractivity contribution is -0.152. The van der Waals surface area contributed by atoms with Crippen molar-refractivity contribution in [1.82, 2.24) is 15.5 Å². The van der Waals surface area contributed by atoms with Crippen LogP contribution in [0.3, 0.4) is 0 Å². The van der Waals surface area contributed by atoms with E-state index in [4.69, 9.17) is 44.3 Å². The summed E-state index contributed by atoms with van der Waals surface area (Å²) in [7, 11) is 0. The SMILES string of the molecule is CC1(C)S[C@@H]2C(NC(=O)COc3ccccc3)C(=O)N2C1NC(=O)OCC(Cl)(Cl)Cl. The van der Waals surface area contributed by atoms with Crippen LogP contribution in [0.4, 0.5) is 4.79 Å². The van der Waals surface area contributed by atoms with Gasteiger partial charge in [0.05, 0.1) is 4.75 Å². The van der Waals surface area contributed by atoms with Gasteiger partial charge in [-0.3, -0.25) is 14.9 Å². The van der Waals surface area contributed by atoms with Gasteiger partial charge in [-0.1, -0.05) is 53.0 Å². The molecule has 3 rings (SSSR count). The number of alkyl carbamates (subject to hydrolysis) is 1. The van der Waals surface area contributed by atoms with Gasteiger partial charge >= 0.3 is 6.09 Å². The van der Waals surface area contributed by atoms with E-state index in [0.717, 1.165) is 0 Å². The van der Waals surface area contributed by atoms with Crippen LogP contribution in [0.1, 0.15) is 13.8 Å². The fourth-order valence-corrected chi connectivity index (χ4v) is 4.90. The van der Waals surface area contributed by atoms with E-state index in [9.17, 15) is 14.4 Å². The molecule has 3 atom stereocenters. The van der Waals surface area contributed by atoms with Gasteiger partial charge in [-0.15, -0.1) is 11.8 Å². The summed E-state index contributed by atoms with van der Waals surface area (Å²) < 4.78 is 8.03. The van der Waals surface area contributed by atoms with Crippen molar-refractivity contribution >= 4 is 64.5 Å². The highest BCUT2D eigenvalue weighted by atomic mass is 35.6. The van der Waals surface area contributed by atoms with Crippen LogP contribution in [0.2, 0.25) is 0 Å². The Morgan fingerprint density at radius 1 is 1.20 bits per heavy atom. The fourth-order valence-electron chi connectivity index (χ4n) is 3.15. The van der Waals surface area contributed by atoms with Crippen LogP contribution in [0.25, 0.3) is 0 Å². The molecule has 3 amide bonds. The number of rotatable bonds is 6. The monoisotopic (exact) mass is 495 g/mol. The van der Waals surface area contributed by atoms with E-state index in [1.54, 1.807) is 24.3 Å². The molecule has 12 heteroatoms. The Balaban J connectivity index is 1.54. The van der Waals surface area contributed by atoms with E-state index in [1.807, 2.05) is 19.9 Å². The largest absolute Gasteiger partial charge is 0.484 e. The Kier molecular flexibility index (Phi) is 6.86.